The highest BCUT2D eigenvalue weighted by molar-refractivity contribution is 6.30. The van der Waals surface area contributed by atoms with E-state index in [1.807, 2.05) is 0 Å². The second kappa shape index (κ2) is 9.59. The molecule has 0 heterocycles. The molecule has 0 aromatic heterocycles. The monoisotopic (exact) mass is 389 g/mol. The number of hydrazone groups is 1. The van der Waals surface area contributed by atoms with Gasteiger partial charge in [0.15, 0.2) is 0 Å². The van der Waals surface area contributed by atoms with Crippen LogP contribution in [0.15, 0.2) is 47.6 Å². The van der Waals surface area contributed by atoms with Crippen molar-refractivity contribution in [2.45, 2.75) is 13.3 Å². The number of carbonyl (C=O) groups excluding carboxylic acids is 2. The van der Waals surface area contributed by atoms with Crippen LogP contribution in [0.4, 0.5) is 5.69 Å². The third-order valence-corrected chi connectivity index (χ3v) is 3.80. The Morgan fingerprint density at radius 3 is 2.41 bits per heavy atom. The van der Waals surface area contributed by atoms with Crippen molar-refractivity contribution in [3.8, 4) is 11.5 Å². The minimum atomic E-state index is -0.452. The van der Waals surface area contributed by atoms with Crippen LogP contribution in [0.1, 0.15) is 23.7 Å². The van der Waals surface area contributed by atoms with Crippen molar-refractivity contribution >= 4 is 34.8 Å². The molecule has 7 nitrogen and oxygen atoms in total. The van der Waals surface area contributed by atoms with Gasteiger partial charge in [0.25, 0.3) is 5.91 Å². The van der Waals surface area contributed by atoms with Crippen LogP contribution < -0.4 is 20.2 Å². The van der Waals surface area contributed by atoms with Crippen molar-refractivity contribution in [1.82, 2.24) is 5.43 Å². The summed E-state index contributed by atoms with van der Waals surface area (Å²) in [4.78, 5) is 24.3. The number of benzene rings is 2. The van der Waals surface area contributed by atoms with Crippen molar-refractivity contribution in [3.63, 3.8) is 0 Å². The van der Waals surface area contributed by atoms with Crippen molar-refractivity contribution < 1.29 is 19.1 Å². The molecule has 0 unspecified atom stereocenters. The van der Waals surface area contributed by atoms with Gasteiger partial charge in [0.2, 0.25) is 5.91 Å². The molecular formula is C19H20ClN3O4. The molecule has 2 amide bonds. The molecule has 0 aliphatic rings. The number of nitrogens with one attached hydrogen (secondary N) is 2. The number of hydrogen-bond acceptors (Lipinski definition) is 5. The molecule has 0 fully saturated rings. The van der Waals surface area contributed by atoms with E-state index >= 15 is 0 Å². The lowest BCUT2D eigenvalue weighted by Crippen LogP contribution is -2.22. The van der Waals surface area contributed by atoms with Crippen LogP contribution in [-0.2, 0) is 4.79 Å². The summed E-state index contributed by atoms with van der Waals surface area (Å²) in [5.41, 5.74) is 3.80. The van der Waals surface area contributed by atoms with E-state index in [2.05, 4.69) is 15.8 Å². The number of rotatable bonds is 7. The summed E-state index contributed by atoms with van der Waals surface area (Å²) in [6, 6.07) is 11.6. The van der Waals surface area contributed by atoms with Crippen LogP contribution >= 0.6 is 11.6 Å². The standard InChI is InChI=1S/C19H20ClN3O4/c1-12(10-18(24)21-14-6-4-13(20)5-7-14)22-23-19(25)16-9-8-15(26-2)11-17(16)27-3/h4-9,11H,10H2,1-3H3,(H,21,24)(H,23,25)/b22-12+. The molecule has 2 aromatic rings. The van der Waals surface area contributed by atoms with Gasteiger partial charge < -0.3 is 14.8 Å². The average molecular weight is 390 g/mol. The highest BCUT2D eigenvalue weighted by atomic mass is 35.5. The molecule has 0 atom stereocenters. The van der Waals surface area contributed by atoms with Gasteiger partial charge in [0, 0.05) is 22.5 Å². The van der Waals surface area contributed by atoms with Crippen molar-refractivity contribution in [2.75, 3.05) is 19.5 Å². The fourth-order valence-corrected chi connectivity index (χ4v) is 2.33. The number of ether oxygens (including phenoxy) is 2. The second-order valence-electron chi connectivity index (χ2n) is 5.59. The molecule has 8 heteroatoms. The van der Waals surface area contributed by atoms with Crippen molar-refractivity contribution in [1.29, 1.82) is 0 Å². The SMILES string of the molecule is COc1ccc(C(=O)N/N=C(\C)CC(=O)Nc2ccc(Cl)cc2)c(OC)c1. The Bertz CT molecular complexity index is 851. The maximum absolute atomic E-state index is 12.3. The van der Waals surface area contributed by atoms with Gasteiger partial charge in [-0.3, -0.25) is 9.59 Å². The largest absolute Gasteiger partial charge is 0.497 e. The van der Waals surface area contributed by atoms with Crippen LogP contribution in [-0.4, -0.2) is 31.7 Å². The molecule has 2 rings (SSSR count). The van der Waals surface area contributed by atoms with E-state index in [-0.39, 0.29) is 12.3 Å². The topological polar surface area (TPSA) is 89.0 Å². The van der Waals surface area contributed by atoms with Gasteiger partial charge in [0.05, 0.1) is 26.2 Å². The van der Waals surface area contributed by atoms with E-state index in [0.29, 0.717) is 33.5 Å². The summed E-state index contributed by atoms with van der Waals surface area (Å²) >= 11 is 5.80. The Labute approximate surface area is 162 Å². The molecule has 27 heavy (non-hydrogen) atoms. The molecule has 2 N–H and O–H groups in total. The van der Waals surface area contributed by atoms with Crippen LogP contribution in [0, 0.1) is 0 Å². The molecule has 0 bridgehead atoms. The molecule has 0 spiro atoms. The summed E-state index contributed by atoms with van der Waals surface area (Å²) in [5, 5.41) is 7.27. The average Bonchev–Trinajstić information content (AvgIpc) is 2.67. The lowest BCUT2D eigenvalue weighted by Gasteiger charge is -2.09. The number of nitrogens with zero attached hydrogens (tertiary/aromatic N) is 1. The molecule has 0 radical (unpaired) electrons. The van der Waals surface area contributed by atoms with Gasteiger partial charge in [-0.1, -0.05) is 11.6 Å². The first-order chi connectivity index (χ1) is 12.9. The molecule has 0 saturated carbocycles. The van der Waals surface area contributed by atoms with Crippen LogP contribution in [0.25, 0.3) is 0 Å². The predicted octanol–water partition coefficient (Wildman–Crippen LogP) is 3.49. The number of methoxy groups -OCH3 is 2. The normalized spacial score (nSPS) is 10.9. The maximum atomic E-state index is 12.3. The highest BCUT2D eigenvalue weighted by Gasteiger charge is 2.13. The molecule has 142 valence electrons. The first kappa shape index (κ1) is 20.3. The lowest BCUT2D eigenvalue weighted by molar-refractivity contribution is -0.115. The molecular weight excluding hydrogens is 370 g/mol. The van der Waals surface area contributed by atoms with E-state index in [0.717, 1.165) is 0 Å². The second-order valence-corrected chi connectivity index (χ2v) is 6.02. The van der Waals surface area contributed by atoms with Gasteiger partial charge >= 0.3 is 0 Å². The Balaban J connectivity index is 1.95. The first-order valence-electron chi connectivity index (χ1n) is 8.04. The van der Waals surface area contributed by atoms with Crippen molar-refractivity contribution in [3.05, 3.63) is 53.1 Å². The third-order valence-electron chi connectivity index (χ3n) is 3.55. The summed E-state index contributed by atoms with van der Waals surface area (Å²) in [5.74, 6) is 0.226. The highest BCUT2D eigenvalue weighted by Crippen LogP contribution is 2.24. The number of hydrogen-bond donors (Lipinski definition) is 2. The Morgan fingerprint density at radius 2 is 1.78 bits per heavy atom. The Hall–Kier alpha value is -3.06. The summed E-state index contributed by atoms with van der Waals surface area (Å²) in [7, 11) is 2.98. The first-order valence-corrected chi connectivity index (χ1v) is 8.41. The quantitative estimate of drug-likeness (QED) is 0.560. The van der Waals surface area contributed by atoms with E-state index in [9.17, 15) is 9.59 Å². The van der Waals surface area contributed by atoms with Gasteiger partial charge in [-0.15, -0.1) is 0 Å². The summed E-state index contributed by atoms with van der Waals surface area (Å²) in [6.45, 7) is 1.65. The minimum absolute atomic E-state index is 0.0304. The van der Waals surface area contributed by atoms with Crippen LogP contribution in [0.3, 0.4) is 0 Å². The van der Waals surface area contributed by atoms with E-state index in [1.54, 1.807) is 49.4 Å². The minimum Gasteiger partial charge on any atom is -0.497 e. The van der Waals surface area contributed by atoms with Gasteiger partial charge in [-0.05, 0) is 43.3 Å². The molecule has 0 saturated heterocycles. The fraction of sp³-hybridized carbons (Fsp3) is 0.211. The van der Waals surface area contributed by atoms with Crippen LogP contribution in [0.2, 0.25) is 5.02 Å². The zero-order chi connectivity index (χ0) is 19.8. The Morgan fingerprint density at radius 1 is 1.07 bits per heavy atom. The number of carbonyl (C=O) groups is 2. The lowest BCUT2D eigenvalue weighted by atomic mass is 10.2. The predicted molar refractivity (Wildman–Crippen MR) is 105 cm³/mol. The van der Waals surface area contributed by atoms with Gasteiger partial charge in [0.1, 0.15) is 11.5 Å². The maximum Gasteiger partial charge on any atom is 0.275 e. The third kappa shape index (κ3) is 6.00. The summed E-state index contributed by atoms with van der Waals surface area (Å²) < 4.78 is 10.3. The van der Waals surface area contributed by atoms with Gasteiger partial charge in [-0.25, -0.2) is 5.43 Å². The molecule has 2 aromatic carbocycles. The number of halogens is 1. The van der Waals surface area contributed by atoms with Crippen molar-refractivity contribution in [2.24, 2.45) is 5.10 Å². The zero-order valence-corrected chi connectivity index (χ0v) is 16.0. The van der Waals surface area contributed by atoms with E-state index in [1.165, 1.54) is 14.2 Å². The van der Waals surface area contributed by atoms with Crippen LogP contribution in [0.5, 0.6) is 11.5 Å². The van der Waals surface area contributed by atoms with Gasteiger partial charge in [-0.2, -0.15) is 5.10 Å². The van der Waals surface area contributed by atoms with E-state index < -0.39 is 5.91 Å². The summed E-state index contributed by atoms with van der Waals surface area (Å²) in [6.07, 6.45) is 0.0304. The Kier molecular flexibility index (Phi) is 7.19. The fourth-order valence-electron chi connectivity index (χ4n) is 2.20. The number of amides is 2. The smallest absolute Gasteiger partial charge is 0.275 e. The molecule has 0 aliphatic heterocycles. The zero-order valence-electron chi connectivity index (χ0n) is 15.2. The van der Waals surface area contributed by atoms with E-state index in [4.69, 9.17) is 21.1 Å². The number of anilines is 1. The molecule has 0 aliphatic carbocycles.